The number of carbonyl (C=O) groups is 2. The Bertz CT molecular complexity index is 532. The van der Waals surface area contributed by atoms with Gasteiger partial charge in [0.1, 0.15) is 0 Å². The Balaban J connectivity index is 1.66. The lowest BCUT2D eigenvalue weighted by molar-refractivity contribution is -0.139. The molecule has 0 N–H and O–H groups in total. The van der Waals surface area contributed by atoms with E-state index in [1.807, 2.05) is 13.8 Å². The van der Waals surface area contributed by atoms with Crippen molar-refractivity contribution in [2.45, 2.75) is 32.2 Å². The summed E-state index contributed by atoms with van der Waals surface area (Å²) in [4.78, 5) is 25.6. The fraction of sp³-hybridized carbons (Fsp3) is 0.467. The maximum Gasteiger partial charge on any atom is 0.261 e. The summed E-state index contributed by atoms with van der Waals surface area (Å²) >= 11 is 0. The normalized spacial score (nSPS) is 24.3. The van der Waals surface area contributed by atoms with Gasteiger partial charge in [0.05, 0.1) is 23.8 Å². The molecule has 0 bridgehead atoms. The van der Waals surface area contributed by atoms with E-state index in [0.717, 1.165) is 0 Å². The minimum absolute atomic E-state index is 0.0747. The van der Waals surface area contributed by atoms with Crippen molar-refractivity contribution in [1.29, 1.82) is 0 Å². The van der Waals surface area contributed by atoms with Crippen LogP contribution in [0.2, 0.25) is 0 Å². The third-order valence-electron chi connectivity index (χ3n) is 3.62. The van der Waals surface area contributed by atoms with Crippen molar-refractivity contribution < 1.29 is 19.1 Å². The van der Waals surface area contributed by atoms with Crippen LogP contribution in [0.25, 0.3) is 0 Å². The van der Waals surface area contributed by atoms with E-state index in [1.165, 1.54) is 4.90 Å². The van der Waals surface area contributed by atoms with Crippen LogP contribution in [0.1, 0.15) is 41.0 Å². The van der Waals surface area contributed by atoms with Gasteiger partial charge in [0.2, 0.25) is 0 Å². The topological polar surface area (TPSA) is 55.8 Å². The third-order valence-corrected chi connectivity index (χ3v) is 3.62. The number of imide groups is 1. The summed E-state index contributed by atoms with van der Waals surface area (Å²) in [6.07, 6.45) is 0.517. The molecular formula is C15H17NO4. The zero-order valence-corrected chi connectivity index (χ0v) is 11.6. The number of fused-ring (bicyclic) bond motifs is 1. The van der Waals surface area contributed by atoms with Crippen LogP contribution in [-0.4, -0.2) is 41.8 Å². The van der Waals surface area contributed by atoms with Gasteiger partial charge in [0.25, 0.3) is 11.8 Å². The van der Waals surface area contributed by atoms with Crippen molar-refractivity contribution >= 4 is 11.8 Å². The number of hydrogen-bond acceptors (Lipinski definition) is 4. The highest BCUT2D eigenvalue weighted by atomic mass is 16.7. The van der Waals surface area contributed by atoms with Gasteiger partial charge in [-0.1, -0.05) is 12.1 Å². The monoisotopic (exact) mass is 275 g/mol. The van der Waals surface area contributed by atoms with Crippen LogP contribution in [0.15, 0.2) is 24.3 Å². The number of benzene rings is 1. The second-order valence-electron chi connectivity index (χ2n) is 5.55. The number of amides is 2. The van der Waals surface area contributed by atoms with Crippen LogP contribution in [0.3, 0.4) is 0 Å². The highest BCUT2D eigenvalue weighted by Gasteiger charge is 2.37. The zero-order valence-electron chi connectivity index (χ0n) is 11.6. The van der Waals surface area contributed by atoms with Gasteiger partial charge >= 0.3 is 0 Å². The lowest BCUT2D eigenvalue weighted by Crippen LogP contribution is -2.33. The average Bonchev–Trinajstić information content (AvgIpc) is 2.88. The molecule has 106 valence electrons. The standard InChI is InChI=1S/C15H17NO4/c1-15(2)19-9-10(20-15)7-8-16-13(17)11-5-3-4-6-12(11)14(16)18/h3-6,10H,7-9H2,1-2H3. The summed E-state index contributed by atoms with van der Waals surface area (Å²) in [6.45, 7) is 4.57. The van der Waals surface area contributed by atoms with Gasteiger partial charge in [0.15, 0.2) is 5.79 Å². The van der Waals surface area contributed by atoms with Gasteiger partial charge < -0.3 is 9.47 Å². The molecule has 20 heavy (non-hydrogen) atoms. The highest BCUT2D eigenvalue weighted by molar-refractivity contribution is 6.21. The van der Waals surface area contributed by atoms with Crippen molar-refractivity contribution in [1.82, 2.24) is 4.90 Å². The van der Waals surface area contributed by atoms with E-state index in [-0.39, 0.29) is 17.9 Å². The molecule has 1 aromatic rings. The van der Waals surface area contributed by atoms with Crippen LogP contribution in [0.5, 0.6) is 0 Å². The van der Waals surface area contributed by atoms with Gasteiger partial charge in [-0.05, 0) is 32.4 Å². The minimum Gasteiger partial charge on any atom is -0.348 e. The molecule has 2 aliphatic heterocycles. The Labute approximate surface area is 117 Å². The highest BCUT2D eigenvalue weighted by Crippen LogP contribution is 2.26. The second kappa shape index (κ2) is 4.68. The Hall–Kier alpha value is -1.72. The van der Waals surface area contributed by atoms with Gasteiger partial charge in [-0.2, -0.15) is 0 Å². The predicted molar refractivity (Wildman–Crippen MR) is 71.3 cm³/mol. The first-order chi connectivity index (χ1) is 9.48. The zero-order chi connectivity index (χ0) is 14.3. The summed E-state index contributed by atoms with van der Waals surface area (Å²) in [5.41, 5.74) is 0.975. The molecule has 1 aromatic carbocycles. The molecule has 0 saturated carbocycles. The molecule has 1 fully saturated rings. The molecule has 0 radical (unpaired) electrons. The first-order valence-electron chi connectivity index (χ1n) is 6.75. The minimum atomic E-state index is -0.577. The van der Waals surface area contributed by atoms with Gasteiger partial charge in [-0.3, -0.25) is 14.5 Å². The molecule has 5 heteroatoms. The lowest BCUT2D eigenvalue weighted by atomic mass is 10.1. The molecular weight excluding hydrogens is 258 g/mol. The fourth-order valence-corrected chi connectivity index (χ4v) is 2.62. The number of hydrogen-bond donors (Lipinski definition) is 0. The summed E-state index contributed by atoms with van der Waals surface area (Å²) in [5, 5.41) is 0. The maximum absolute atomic E-state index is 12.2. The molecule has 5 nitrogen and oxygen atoms in total. The number of carbonyl (C=O) groups excluding carboxylic acids is 2. The van der Waals surface area contributed by atoms with E-state index in [1.54, 1.807) is 24.3 Å². The lowest BCUT2D eigenvalue weighted by Gasteiger charge is -2.19. The van der Waals surface area contributed by atoms with Crippen LogP contribution in [0, 0.1) is 0 Å². The molecule has 3 rings (SSSR count). The van der Waals surface area contributed by atoms with Crippen molar-refractivity contribution in [2.75, 3.05) is 13.2 Å². The first-order valence-corrected chi connectivity index (χ1v) is 6.75. The smallest absolute Gasteiger partial charge is 0.261 e. The molecule has 1 atom stereocenters. The Morgan fingerprint density at radius 1 is 1.20 bits per heavy atom. The molecule has 2 amide bonds. The van der Waals surface area contributed by atoms with Gasteiger partial charge in [-0.15, -0.1) is 0 Å². The Morgan fingerprint density at radius 3 is 2.30 bits per heavy atom. The van der Waals surface area contributed by atoms with E-state index in [2.05, 4.69) is 0 Å². The van der Waals surface area contributed by atoms with Crippen LogP contribution >= 0.6 is 0 Å². The van der Waals surface area contributed by atoms with Crippen molar-refractivity contribution in [2.24, 2.45) is 0 Å². The van der Waals surface area contributed by atoms with Crippen LogP contribution < -0.4 is 0 Å². The molecule has 2 aliphatic rings. The van der Waals surface area contributed by atoms with E-state index in [9.17, 15) is 9.59 Å². The molecule has 1 saturated heterocycles. The predicted octanol–water partition coefficient (Wildman–Crippen LogP) is 1.82. The largest absolute Gasteiger partial charge is 0.348 e. The summed E-state index contributed by atoms with van der Waals surface area (Å²) in [7, 11) is 0. The van der Waals surface area contributed by atoms with Crippen LogP contribution in [-0.2, 0) is 9.47 Å². The van der Waals surface area contributed by atoms with Crippen molar-refractivity contribution in [3.05, 3.63) is 35.4 Å². The summed E-state index contributed by atoms with van der Waals surface area (Å²) < 4.78 is 11.2. The SMILES string of the molecule is CC1(C)OCC(CCN2C(=O)c3ccccc3C2=O)O1. The number of ether oxygens (including phenoxy) is 2. The van der Waals surface area contributed by atoms with E-state index >= 15 is 0 Å². The Kier molecular flexibility index (Phi) is 3.11. The number of rotatable bonds is 3. The van der Waals surface area contributed by atoms with Crippen molar-refractivity contribution in [3.8, 4) is 0 Å². The molecule has 0 spiro atoms. The summed E-state index contributed by atoms with van der Waals surface area (Å²) in [6, 6.07) is 6.91. The molecule has 0 aromatic heterocycles. The fourth-order valence-electron chi connectivity index (χ4n) is 2.62. The van der Waals surface area contributed by atoms with E-state index in [4.69, 9.17) is 9.47 Å². The molecule has 0 aliphatic carbocycles. The number of nitrogens with zero attached hydrogens (tertiary/aromatic N) is 1. The maximum atomic E-state index is 12.2. The second-order valence-corrected chi connectivity index (χ2v) is 5.55. The van der Waals surface area contributed by atoms with Gasteiger partial charge in [0, 0.05) is 6.54 Å². The molecule has 1 unspecified atom stereocenters. The van der Waals surface area contributed by atoms with E-state index in [0.29, 0.717) is 30.7 Å². The average molecular weight is 275 g/mol. The third kappa shape index (κ3) is 2.23. The van der Waals surface area contributed by atoms with E-state index < -0.39 is 5.79 Å². The quantitative estimate of drug-likeness (QED) is 0.790. The summed E-state index contributed by atoms with van der Waals surface area (Å²) in [5.74, 6) is -1.01. The van der Waals surface area contributed by atoms with Crippen LogP contribution in [0.4, 0.5) is 0 Å². The molecule has 2 heterocycles. The van der Waals surface area contributed by atoms with Gasteiger partial charge in [-0.25, -0.2) is 0 Å². The van der Waals surface area contributed by atoms with Crippen molar-refractivity contribution in [3.63, 3.8) is 0 Å². The first kappa shape index (κ1) is 13.3. The Morgan fingerprint density at radius 2 is 1.80 bits per heavy atom.